The largest absolute Gasteiger partial charge is 0.358 e. The molecule has 19 heavy (non-hydrogen) atoms. The quantitative estimate of drug-likeness (QED) is 0.397. The summed E-state index contributed by atoms with van der Waals surface area (Å²) in [6.45, 7) is 0. The molecule has 0 radical (unpaired) electrons. The molecule has 0 amide bonds. The third kappa shape index (κ3) is 1.86. The Balaban J connectivity index is 2.46. The molecule has 0 spiro atoms. The predicted octanol–water partition coefficient (Wildman–Crippen LogP) is 2.93. The van der Waals surface area contributed by atoms with Gasteiger partial charge in [0, 0.05) is 17.8 Å². The Morgan fingerprint density at radius 1 is 1.16 bits per heavy atom. The minimum absolute atomic E-state index is 0.00648. The van der Waals surface area contributed by atoms with E-state index in [2.05, 4.69) is 9.97 Å². The van der Waals surface area contributed by atoms with Gasteiger partial charge in [-0.25, -0.2) is 0 Å². The van der Waals surface area contributed by atoms with Gasteiger partial charge < -0.3 is 10.1 Å². The molecule has 0 bridgehead atoms. The van der Waals surface area contributed by atoms with Crippen molar-refractivity contribution in [2.75, 3.05) is 0 Å². The number of para-hydroxylation sites is 1. The SMILES string of the molecule is O=[N+]([O-])c1c(I)c2ccccc2n1-c1ncccn1. The van der Waals surface area contributed by atoms with Gasteiger partial charge >= 0.3 is 11.8 Å². The number of hydrogen-bond donors (Lipinski definition) is 0. The van der Waals surface area contributed by atoms with Crippen LogP contribution in [0.1, 0.15) is 0 Å². The van der Waals surface area contributed by atoms with Crippen LogP contribution in [0.2, 0.25) is 0 Å². The fourth-order valence-electron chi connectivity index (χ4n) is 1.96. The smallest absolute Gasteiger partial charge is 0.345 e. The molecular weight excluding hydrogens is 359 g/mol. The third-order valence-electron chi connectivity index (χ3n) is 2.71. The highest BCUT2D eigenvalue weighted by molar-refractivity contribution is 14.1. The first kappa shape index (κ1) is 12.0. The predicted molar refractivity (Wildman–Crippen MR) is 78.2 cm³/mol. The van der Waals surface area contributed by atoms with E-state index in [-0.39, 0.29) is 5.82 Å². The zero-order chi connectivity index (χ0) is 13.4. The van der Waals surface area contributed by atoms with E-state index in [0.29, 0.717) is 9.52 Å². The van der Waals surface area contributed by atoms with E-state index >= 15 is 0 Å². The highest BCUT2D eigenvalue weighted by Crippen LogP contribution is 2.34. The van der Waals surface area contributed by atoms with Gasteiger partial charge in [-0.3, -0.25) is 0 Å². The molecule has 0 aliphatic heterocycles. The Bertz CT molecular complexity index is 770. The maximum atomic E-state index is 11.3. The second-order valence-corrected chi connectivity index (χ2v) is 4.87. The van der Waals surface area contributed by atoms with Crippen LogP contribution in [0.3, 0.4) is 0 Å². The van der Waals surface area contributed by atoms with Crippen LogP contribution in [-0.2, 0) is 0 Å². The van der Waals surface area contributed by atoms with E-state index in [1.807, 2.05) is 46.9 Å². The van der Waals surface area contributed by atoms with Crippen LogP contribution in [0, 0.1) is 13.7 Å². The summed E-state index contributed by atoms with van der Waals surface area (Å²) in [6, 6.07) is 9.03. The molecule has 2 heterocycles. The van der Waals surface area contributed by atoms with Gasteiger partial charge in [-0.05, 0) is 45.7 Å². The summed E-state index contributed by atoms with van der Waals surface area (Å²) in [6.07, 6.45) is 3.13. The normalized spacial score (nSPS) is 10.8. The summed E-state index contributed by atoms with van der Waals surface area (Å²) in [5.41, 5.74) is 0.727. The van der Waals surface area contributed by atoms with E-state index in [1.165, 1.54) is 4.57 Å². The van der Waals surface area contributed by atoms with Gasteiger partial charge in [-0.1, -0.05) is 12.1 Å². The summed E-state index contributed by atoms with van der Waals surface area (Å²) in [5, 5.41) is 12.1. The van der Waals surface area contributed by atoms with Gasteiger partial charge in [0.25, 0.3) is 0 Å². The lowest BCUT2D eigenvalue weighted by atomic mass is 10.2. The molecule has 1 aromatic carbocycles. The number of nitro groups is 1. The van der Waals surface area contributed by atoms with Gasteiger partial charge in [-0.15, -0.1) is 0 Å². The molecule has 0 saturated heterocycles. The fraction of sp³-hybridized carbons (Fsp3) is 0. The van der Waals surface area contributed by atoms with E-state index in [0.717, 1.165) is 10.9 Å². The third-order valence-corrected chi connectivity index (χ3v) is 3.78. The summed E-state index contributed by atoms with van der Waals surface area (Å²) in [7, 11) is 0. The minimum atomic E-state index is -0.405. The minimum Gasteiger partial charge on any atom is -0.358 e. The number of halogens is 1. The molecule has 94 valence electrons. The molecule has 0 saturated carbocycles. The Labute approximate surface area is 121 Å². The van der Waals surface area contributed by atoms with Crippen LogP contribution in [0.4, 0.5) is 5.82 Å². The highest BCUT2D eigenvalue weighted by atomic mass is 127. The van der Waals surface area contributed by atoms with E-state index in [1.54, 1.807) is 18.5 Å². The second kappa shape index (κ2) is 4.57. The van der Waals surface area contributed by atoms with Crippen molar-refractivity contribution in [1.82, 2.24) is 14.5 Å². The zero-order valence-corrected chi connectivity index (χ0v) is 11.7. The van der Waals surface area contributed by atoms with E-state index < -0.39 is 4.92 Å². The maximum Gasteiger partial charge on any atom is 0.345 e. The number of hydrogen-bond acceptors (Lipinski definition) is 4. The molecule has 0 fully saturated rings. The van der Waals surface area contributed by atoms with Gasteiger partial charge in [0.1, 0.15) is 9.09 Å². The first-order valence-electron chi connectivity index (χ1n) is 5.41. The number of nitrogens with zero attached hydrogens (tertiary/aromatic N) is 4. The van der Waals surface area contributed by atoms with Gasteiger partial charge in [0.05, 0.1) is 0 Å². The molecule has 0 unspecified atom stereocenters. The molecular formula is C12H7IN4O2. The summed E-state index contributed by atoms with van der Waals surface area (Å²) in [5.74, 6) is 0.293. The average molecular weight is 366 g/mol. The van der Waals surface area contributed by atoms with Crippen LogP contribution >= 0.6 is 22.6 Å². The van der Waals surface area contributed by atoms with Gasteiger partial charge in [0.15, 0.2) is 0 Å². The van der Waals surface area contributed by atoms with Crippen molar-refractivity contribution in [2.45, 2.75) is 0 Å². The van der Waals surface area contributed by atoms with Crippen LogP contribution in [0.5, 0.6) is 0 Å². The van der Waals surface area contributed by atoms with Crippen molar-refractivity contribution >= 4 is 39.3 Å². The Morgan fingerprint density at radius 2 is 1.84 bits per heavy atom. The molecule has 6 nitrogen and oxygen atoms in total. The molecule has 0 N–H and O–H groups in total. The Hall–Kier alpha value is -2.03. The lowest BCUT2D eigenvalue weighted by Crippen LogP contribution is -2.04. The lowest BCUT2D eigenvalue weighted by molar-refractivity contribution is -0.391. The first-order valence-corrected chi connectivity index (χ1v) is 6.48. The number of benzene rings is 1. The number of fused-ring (bicyclic) bond motifs is 1. The van der Waals surface area contributed by atoms with Crippen LogP contribution < -0.4 is 0 Å². The van der Waals surface area contributed by atoms with E-state index in [4.69, 9.17) is 0 Å². The van der Waals surface area contributed by atoms with E-state index in [9.17, 15) is 10.1 Å². The molecule has 3 aromatic rings. The first-order chi connectivity index (χ1) is 9.20. The Morgan fingerprint density at radius 3 is 2.53 bits per heavy atom. The summed E-state index contributed by atoms with van der Waals surface area (Å²) < 4.78 is 2.06. The van der Waals surface area contributed by atoms with Crippen molar-refractivity contribution < 1.29 is 4.92 Å². The van der Waals surface area contributed by atoms with Gasteiger partial charge in [-0.2, -0.15) is 14.5 Å². The lowest BCUT2D eigenvalue weighted by Gasteiger charge is -2.00. The van der Waals surface area contributed by atoms with Crippen molar-refractivity contribution in [2.24, 2.45) is 0 Å². The van der Waals surface area contributed by atoms with Crippen molar-refractivity contribution in [1.29, 1.82) is 0 Å². The van der Waals surface area contributed by atoms with Crippen molar-refractivity contribution in [3.05, 3.63) is 56.4 Å². The second-order valence-electron chi connectivity index (χ2n) is 3.80. The molecule has 0 atom stereocenters. The molecule has 0 aliphatic rings. The zero-order valence-electron chi connectivity index (χ0n) is 9.52. The number of rotatable bonds is 2. The standard InChI is InChI=1S/C12H7IN4O2/c13-10-8-4-1-2-5-9(8)16(11(10)17(18)19)12-14-6-3-7-15-12/h1-7H. The van der Waals surface area contributed by atoms with Crippen molar-refractivity contribution in [3.63, 3.8) is 0 Å². The summed E-state index contributed by atoms with van der Waals surface area (Å²) in [4.78, 5) is 19.1. The molecule has 0 aliphatic carbocycles. The highest BCUT2D eigenvalue weighted by Gasteiger charge is 2.27. The summed E-state index contributed by atoms with van der Waals surface area (Å²) >= 11 is 1.98. The topological polar surface area (TPSA) is 73.8 Å². The van der Waals surface area contributed by atoms with Crippen LogP contribution in [0.15, 0.2) is 42.7 Å². The molecule has 3 rings (SSSR count). The fourth-order valence-corrected chi connectivity index (χ4v) is 2.85. The number of aromatic nitrogens is 3. The van der Waals surface area contributed by atoms with Gasteiger partial charge in [0.2, 0.25) is 0 Å². The monoisotopic (exact) mass is 366 g/mol. The van der Waals surface area contributed by atoms with Crippen molar-refractivity contribution in [3.8, 4) is 5.95 Å². The Kier molecular flexibility index (Phi) is 2.90. The average Bonchev–Trinajstić information content (AvgIpc) is 2.74. The molecule has 7 heteroatoms. The van der Waals surface area contributed by atoms with Crippen LogP contribution in [-0.4, -0.2) is 19.5 Å². The molecule has 2 aromatic heterocycles. The maximum absolute atomic E-state index is 11.3. The van der Waals surface area contributed by atoms with Crippen LogP contribution in [0.25, 0.3) is 16.9 Å².